The first kappa shape index (κ1) is 14.2. The van der Waals surface area contributed by atoms with Gasteiger partial charge >= 0.3 is 5.97 Å². The summed E-state index contributed by atoms with van der Waals surface area (Å²) in [4.78, 5) is 22.5. The zero-order chi connectivity index (χ0) is 13.7. The number of benzene rings is 1. The van der Waals surface area contributed by atoms with Gasteiger partial charge in [-0.2, -0.15) is 0 Å². The summed E-state index contributed by atoms with van der Waals surface area (Å²) in [6, 6.07) is 2.46. The molecule has 1 unspecified atom stereocenters. The van der Waals surface area contributed by atoms with Crippen molar-refractivity contribution in [1.29, 1.82) is 0 Å². The van der Waals surface area contributed by atoms with Crippen molar-refractivity contribution in [3.05, 3.63) is 34.1 Å². The molecule has 0 bridgehead atoms. The number of nitrogens with one attached hydrogen (secondary N) is 1. The van der Waals surface area contributed by atoms with Gasteiger partial charge in [0.05, 0.1) is 4.47 Å². The molecule has 1 aromatic rings. The van der Waals surface area contributed by atoms with E-state index in [1.807, 2.05) is 0 Å². The molecule has 1 amide bonds. The van der Waals surface area contributed by atoms with E-state index >= 15 is 0 Å². The number of amides is 1. The average molecular weight is 314 g/mol. The lowest BCUT2D eigenvalue weighted by Gasteiger charge is -2.11. The molecule has 0 fully saturated rings. The number of halogens is 2. The van der Waals surface area contributed by atoms with E-state index in [-0.39, 0.29) is 16.5 Å². The Kier molecular flexibility index (Phi) is 4.86. The minimum Gasteiger partial charge on any atom is -0.480 e. The highest BCUT2D eigenvalue weighted by atomic mass is 79.9. The summed E-state index contributed by atoms with van der Waals surface area (Å²) in [5, 5.41) is 11.1. The van der Waals surface area contributed by atoms with Crippen molar-refractivity contribution in [2.24, 2.45) is 0 Å². The molecule has 18 heavy (non-hydrogen) atoms. The van der Waals surface area contributed by atoms with Crippen molar-refractivity contribution in [2.45, 2.75) is 12.5 Å². The normalized spacial score (nSPS) is 11.4. The molecule has 0 radical (unpaired) electrons. The van der Waals surface area contributed by atoms with Gasteiger partial charge in [-0.3, -0.25) is 4.79 Å². The number of carbonyl (C=O) groups is 2. The Labute approximate surface area is 111 Å². The zero-order valence-electron chi connectivity index (χ0n) is 9.11. The molecule has 2 N–H and O–H groups in total. The lowest BCUT2D eigenvalue weighted by atomic mass is 10.1. The molecule has 0 aromatic heterocycles. The fraction of sp³-hybridized carbons (Fsp3) is 0.167. The highest BCUT2D eigenvalue weighted by Crippen LogP contribution is 2.16. The second-order valence-corrected chi connectivity index (χ2v) is 4.26. The number of hydrogen-bond donors (Lipinski definition) is 2. The van der Waals surface area contributed by atoms with Gasteiger partial charge in [0.25, 0.3) is 5.91 Å². The van der Waals surface area contributed by atoms with Crippen LogP contribution in [0.4, 0.5) is 4.39 Å². The van der Waals surface area contributed by atoms with E-state index in [1.165, 1.54) is 12.1 Å². The van der Waals surface area contributed by atoms with Gasteiger partial charge in [0.15, 0.2) is 0 Å². The third kappa shape index (κ3) is 3.57. The largest absolute Gasteiger partial charge is 0.480 e. The highest BCUT2D eigenvalue weighted by molar-refractivity contribution is 9.10. The van der Waals surface area contributed by atoms with Crippen LogP contribution in [0, 0.1) is 18.2 Å². The molecule has 0 saturated heterocycles. The first-order chi connectivity index (χ1) is 8.45. The van der Waals surface area contributed by atoms with Crippen LogP contribution in [0.2, 0.25) is 0 Å². The van der Waals surface area contributed by atoms with E-state index in [2.05, 4.69) is 27.2 Å². The monoisotopic (exact) mass is 313 g/mol. The Morgan fingerprint density at radius 2 is 2.22 bits per heavy atom. The van der Waals surface area contributed by atoms with Crippen LogP contribution in [0.1, 0.15) is 16.8 Å². The van der Waals surface area contributed by atoms with Crippen molar-refractivity contribution in [1.82, 2.24) is 5.32 Å². The van der Waals surface area contributed by atoms with E-state index in [4.69, 9.17) is 11.5 Å². The summed E-state index contributed by atoms with van der Waals surface area (Å²) in [6.45, 7) is 0. The Morgan fingerprint density at radius 3 is 2.72 bits per heavy atom. The van der Waals surface area contributed by atoms with E-state index in [0.29, 0.717) is 0 Å². The summed E-state index contributed by atoms with van der Waals surface area (Å²) in [5.41, 5.74) is 0.145. The number of carboxylic acid groups (broad SMARTS) is 1. The van der Waals surface area contributed by atoms with Crippen molar-refractivity contribution >= 4 is 27.8 Å². The van der Waals surface area contributed by atoms with Crippen molar-refractivity contribution in [3.8, 4) is 12.3 Å². The Morgan fingerprint density at radius 1 is 1.56 bits per heavy atom. The van der Waals surface area contributed by atoms with E-state index in [0.717, 1.165) is 6.07 Å². The maximum Gasteiger partial charge on any atom is 0.327 e. The molecule has 1 aromatic carbocycles. The maximum absolute atomic E-state index is 13.0. The second-order valence-electron chi connectivity index (χ2n) is 3.40. The summed E-state index contributed by atoms with van der Waals surface area (Å²) < 4.78 is 13.1. The zero-order valence-corrected chi connectivity index (χ0v) is 10.7. The lowest BCUT2D eigenvalue weighted by Crippen LogP contribution is -2.40. The highest BCUT2D eigenvalue weighted by Gasteiger charge is 2.19. The van der Waals surface area contributed by atoms with E-state index in [1.54, 1.807) is 0 Å². The van der Waals surface area contributed by atoms with Gasteiger partial charge < -0.3 is 10.4 Å². The van der Waals surface area contributed by atoms with E-state index in [9.17, 15) is 14.0 Å². The van der Waals surface area contributed by atoms with Crippen LogP contribution in [-0.2, 0) is 4.79 Å². The van der Waals surface area contributed by atoms with Gasteiger partial charge in [-0.25, -0.2) is 9.18 Å². The first-order valence-electron chi connectivity index (χ1n) is 4.88. The van der Waals surface area contributed by atoms with E-state index < -0.39 is 23.7 Å². The van der Waals surface area contributed by atoms with Gasteiger partial charge in [-0.05, 0) is 34.1 Å². The summed E-state index contributed by atoms with van der Waals surface area (Å²) in [7, 11) is 0. The minimum atomic E-state index is -1.22. The smallest absolute Gasteiger partial charge is 0.327 e. The van der Waals surface area contributed by atoms with Crippen LogP contribution in [0.25, 0.3) is 0 Å². The van der Waals surface area contributed by atoms with Crippen LogP contribution in [0.15, 0.2) is 22.7 Å². The molecule has 0 aliphatic rings. The molecule has 0 spiro atoms. The van der Waals surface area contributed by atoms with Gasteiger partial charge in [-0.15, -0.1) is 12.3 Å². The quantitative estimate of drug-likeness (QED) is 0.833. The van der Waals surface area contributed by atoms with Crippen molar-refractivity contribution in [2.75, 3.05) is 0 Å². The van der Waals surface area contributed by atoms with Crippen LogP contribution < -0.4 is 5.32 Å². The van der Waals surface area contributed by atoms with Crippen LogP contribution in [-0.4, -0.2) is 23.0 Å². The standard InChI is InChI=1S/C12H9BrFNO3/c1-2-3-10(12(17)18)15-11(16)7-4-5-9(14)8(13)6-7/h1,4-6,10H,3H2,(H,15,16)(H,17,18). The Hall–Kier alpha value is -1.87. The van der Waals surface area contributed by atoms with Crippen molar-refractivity contribution in [3.63, 3.8) is 0 Å². The SMILES string of the molecule is C#CCC(NC(=O)c1ccc(F)c(Br)c1)C(=O)O. The van der Waals surface area contributed by atoms with Gasteiger partial charge in [-0.1, -0.05) is 0 Å². The van der Waals surface area contributed by atoms with Gasteiger partial charge in [0, 0.05) is 12.0 Å². The van der Waals surface area contributed by atoms with Crippen LogP contribution in [0.5, 0.6) is 0 Å². The third-order valence-electron chi connectivity index (χ3n) is 2.11. The Balaban J connectivity index is 2.84. The average Bonchev–Trinajstić information content (AvgIpc) is 2.31. The molecule has 94 valence electrons. The van der Waals surface area contributed by atoms with Crippen molar-refractivity contribution < 1.29 is 19.1 Å². The van der Waals surface area contributed by atoms with Gasteiger partial charge in [0.2, 0.25) is 0 Å². The molecule has 4 nitrogen and oxygen atoms in total. The number of carbonyl (C=O) groups excluding carboxylic acids is 1. The molecular formula is C12H9BrFNO3. The van der Waals surface area contributed by atoms with Crippen LogP contribution in [0.3, 0.4) is 0 Å². The third-order valence-corrected chi connectivity index (χ3v) is 2.71. The Bertz CT molecular complexity index is 525. The minimum absolute atomic E-state index is 0.122. The number of rotatable bonds is 4. The molecule has 0 saturated carbocycles. The van der Waals surface area contributed by atoms with Crippen LogP contribution >= 0.6 is 15.9 Å². The lowest BCUT2D eigenvalue weighted by molar-refractivity contribution is -0.139. The summed E-state index contributed by atoms with van der Waals surface area (Å²) in [5.74, 6) is -0.194. The number of hydrogen-bond acceptors (Lipinski definition) is 2. The second kappa shape index (κ2) is 6.17. The fourth-order valence-corrected chi connectivity index (χ4v) is 1.58. The number of terminal acetylenes is 1. The summed E-state index contributed by atoms with van der Waals surface area (Å²) in [6.07, 6.45) is 4.88. The molecule has 1 atom stereocenters. The maximum atomic E-state index is 13.0. The predicted octanol–water partition coefficient (Wildman–Crippen LogP) is 1.79. The first-order valence-corrected chi connectivity index (χ1v) is 5.67. The molecule has 0 aliphatic heterocycles. The topological polar surface area (TPSA) is 66.4 Å². The molecule has 0 aliphatic carbocycles. The number of aliphatic carboxylic acids is 1. The fourth-order valence-electron chi connectivity index (χ4n) is 1.20. The number of carboxylic acids is 1. The summed E-state index contributed by atoms with van der Waals surface area (Å²) >= 11 is 2.94. The molecule has 1 rings (SSSR count). The van der Waals surface area contributed by atoms with Gasteiger partial charge in [0.1, 0.15) is 11.9 Å². The predicted molar refractivity (Wildman–Crippen MR) is 66.4 cm³/mol. The molecule has 6 heteroatoms. The molecule has 0 heterocycles. The molecular weight excluding hydrogens is 305 g/mol.